The van der Waals surface area contributed by atoms with Crippen LogP contribution in [0.5, 0.6) is 0 Å². The number of nitrogens with one attached hydrogen (secondary N) is 1. The number of nitrogens with zero attached hydrogens (tertiary/aromatic N) is 5. The quantitative estimate of drug-likeness (QED) is 0.292. The van der Waals surface area contributed by atoms with Crippen molar-refractivity contribution in [1.82, 2.24) is 25.3 Å². The summed E-state index contributed by atoms with van der Waals surface area (Å²) in [7, 11) is 0. The van der Waals surface area contributed by atoms with Gasteiger partial charge in [0.25, 0.3) is 0 Å². The highest BCUT2D eigenvalue weighted by molar-refractivity contribution is 5.77. The first-order valence-corrected chi connectivity index (χ1v) is 11.6. The molecule has 0 saturated heterocycles. The first-order valence-electron chi connectivity index (χ1n) is 11.6. The molecular formula is C25H34F2N6O7. The van der Waals surface area contributed by atoms with E-state index in [1.54, 1.807) is 68.4 Å². The van der Waals surface area contributed by atoms with Crippen LogP contribution in [0.1, 0.15) is 74.0 Å². The van der Waals surface area contributed by atoms with Crippen molar-refractivity contribution in [1.29, 1.82) is 5.26 Å². The van der Waals surface area contributed by atoms with Crippen molar-refractivity contribution < 1.29 is 42.1 Å². The summed E-state index contributed by atoms with van der Waals surface area (Å²) in [5, 5.41) is 10.6. The fraction of sp³-hybridized carbons (Fsp3) is 0.520. The first-order chi connectivity index (χ1) is 18.2. The number of ether oxygens (including phenoxy) is 4. The Balaban J connectivity index is 0.000000592. The van der Waals surface area contributed by atoms with Gasteiger partial charge in [0.15, 0.2) is 11.6 Å². The van der Waals surface area contributed by atoms with Crippen molar-refractivity contribution in [2.75, 3.05) is 0 Å². The first kappa shape index (κ1) is 35.5. The van der Waals surface area contributed by atoms with Crippen LogP contribution in [0.2, 0.25) is 0 Å². The van der Waals surface area contributed by atoms with Crippen LogP contribution < -0.4 is 5.32 Å². The molecule has 0 unspecified atom stereocenters. The fourth-order valence-corrected chi connectivity index (χ4v) is 1.88. The van der Waals surface area contributed by atoms with Crippen LogP contribution in [0, 0.1) is 23.0 Å². The second-order valence-corrected chi connectivity index (χ2v) is 10.5. The van der Waals surface area contributed by atoms with E-state index in [0.717, 1.165) is 24.8 Å². The van der Waals surface area contributed by atoms with Crippen LogP contribution in [0.25, 0.3) is 0 Å². The lowest BCUT2D eigenvalue weighted by atomic mass is 10.2. The molecule has 2 aromatic heterocycles. The minimum absolute atomic E-state index is 0.0172. The molecule has 2 rings (SSSR count). The Morgan fingerprint density at radius 1 is 0.750 bits per heavy atom. The third-order valence-corrected chi connectivity index (χ3v) is 3.13. The zero-order valence-electron chi connectivity index (χ0n) is 23.9. The molecule has 15 heteroatoms. The number of rotatable bonds is 2. The molecule has 1 N–H and O–H groups in total. The lowest BCUT2D eigenvalue weighted by Gasteiger charge is -2.20. The average Bonchev–Trinajstić information content (AvgIpc) is 2.76. The number of carbonyl (C=O) groups is 3. The van der Waals surface area contributed by atoms with E-state index in [-0.39, 0.29) is 12.4 Å². The van der Waals surface area contributed by atoms with Gasteiger partial charge in [0.2, 0.25) is 5.82 Å². The summed E-state index contributed by atoms with van der Waals surface area (Å²) in [6.07, 6.45) is 1.31. The molecule has 0 aliphatic carbocycles. The molecular weight excluding hydrogens is 534 g/mol. The summed E-state index contributed by atoms with van der Waals surface area (Å²) in [4.78, 5) is 47.3. The third kappa shape index (κ3) is 20.6. The number of alkyl carbamates (subject to hydrolysis) is 1. The number of amides is 1. The van der Waals surface area contributed by atoms with Crippen molar-refractivity contribution in [3.63, 3.8) is 0 Å². The number of carbonyl (C=O) groups excluding carboxylic acids is 3. The zero-order valence-corrected chi connectivity index (χ0v) is 23.9. The van der Waals surface area contributed by atoms with Gasteiger partial charge in [-0.3, -0.25) is 0 Å². The van der Waals surface area contributed by atoms with Crippen LogP contribution >= 0.6 is 0 Å². The molecule has 0 spiro atoms. The number of aromatic nitrogens is 4. The molecule has 0 atom stereocenters. The highest BCUT2D eigenvalue weighted by atomic mass is 19.1. The van der Waals surface area contributed by atoms with Gasteiger partial charge in [0, 0.05) is 0 Å². The Hall–Kier alpha value is -4.48. The summed E-state index contributed by atoms with van der Waals surface area (Å²) in [5.74, 6) is -0.737. The van der Waals surface area contributed by atoms with Crippen molar-refractivity contribution in [2.24, 2.45) is 0 Å². The Morgan fingerprint density at radius 3 is 1.48 bits per heavy atom. The zero-order chi connectivity index (χ0) is 31.1. The minimum Gasteiger partial charge on any atom is -0.444 e. The second-order valence-electron chi connectivity index (χ2n) is 10.5. The van der Waals surface area contributed by atoms with Crippen molar-refractivity contribution >= 4 is 18.4 Å². The largest absolute Gasteiger partial charge is 0.519 e. The van der Waals surface area contributed by atoms with E-state index in [4.69, 9.17) is 19.5 Å². The maximum absolute atomic E-state index is 12.5. The SMILES string of the molecule is CC(C)(C)OC(=O)NCc1ncc(F)cn1.CC(C)(C)OC(=O)OC(=O)OC(C)(C)C.N#Cc1ncc(F)cn1. The van der Waals surface area contributed by atoms with Gasteiger partial charge in [-0.15, -0.1) is 0 Å². The lowest BCUT2D eigenvalue weighted by Crippen LogP contribution is -2.32. The van der Waals surface area contributed by atoms with Gasteiger partial charge in [-0.2, -0.15) is 5.26 Å². The summed E-state index contributed by atoms with van der Waals surface area (Å²) in [6, 6.07) is 1.67. The second kappa shape index (κ2) is 15.8. The Bertz CT molecular complexity index is 1110. The number of hydrogen-bond donors (Lipinski definition) is 1. The molecule has 220 valence electrons. The van der Waals surface area contributed by atoms with E-state index in [0.29, 0.717) is 5.82 Å². The van der Waals surface area contributed by atoms with Crippen LogP contribution in [-0.4, -0.2) is 55.1 Å². The number of hydrogen-bond acceptors (Lipinski definition) is 12. The maximum atomic E-state index is 12.5. The van der Waals surface area contributed by atoms with Crippen LogP contribution in [0.3, 0.4) is 0 Å². The van der Waals surface area contributed by atoms with E-state index in [9.17, 15) is 23.2 Å². The maximum Gasteiger partial charge on any atom is 0.519 e. The predicted molar refractivity (Wildman–Crippen MR) is 135 cm³/mol. The topological polar surface area (TPSA) is 176 Å². The molecule has 13 nitrogen and oxygen atoms in total. The van der Waals surface area contributed by atoms with Gasteiger partial charge in [-0.25, -0.2) is 43.1 Å². The molecule has 0 fully saturated rings. The third-order valence-electron chi connectivity index (χ3n) is 3.13. The monoisotopic (exact) mass is 568 g/mol. The molecule has 0 radical (unpaired) electrons. The number of nitriles is 1. The summed E-state index contributed by atoms with van der Waals surface area (Å²) in [5.41, 5.74) is -1.94. The molecule has 0 aromatic carbocycles. The highest BCUT2D eigenvalue weighted by Crippen LogP contribution is 2.11. The van der Waals surface area contributed by atoms with Gasteiger partial charge < -0.3 is 24.3 Å². The van der Waals surface area contributed by atoms with E-state index in [1.807, 2.05) is 0 Å². The Kier molecular flexibility index (Phi) is 14.0. The van der Waals surface area contributed by atoms with E-state index < -0.39 is 46.8 Å². The van der Waals surface area contributed by atoms with Crippen LogP contribution in [0.4, 0.5) is 23.2 Å². The van der Waals surface area contributed by atoms with E-state index in [1.165, 1.54) is 0 Å². The standard InChI is InChI=1S/C10H14FN3O2.C10H18O5.C5H2FN3/c1-10(2,3)16-9(15)14-6-8-12-4-7(11)5-13-8;1-9(2,3)14-7(11)13-8(12)15-10(4,5)6;6-4-2-8-5(1-7)9-3-4/h4-5H,6H2,1-3H3,(H,14,15);1-6H3;2-3H. The molecule has 2 aromatic rings. The van der Waals surface area contributed by atoms with Crippen LogP contribution in [-0.2, 0) is 25.5 Å². The molecule has 0 saturated carbocycles. The average molecular weight is 569 g/mol. The Morgan fingerprint density at radius 2 is 1.12 bits per heavy atom. The summed E-state index contributed by atoms with van der Waals surface area (Å²) in [6.45, 7) is 15.4. The minimum atomic E-state index is -1.06. The normalized spacial score (nSPS) is 10.8. The van der Waals surface area contributed by atoms with Gasteiger partial charge in [0.05, 0.1) is 31.3 Å². The van der Waals surface area contributed by atoms with Crippen molar-refractivity contribution in [3.8, 4) is 6.07 Å². The Labute approximate surface area is 231 Å². The van der Waals surface area contributed by atoms with Gasteiger partial charge in [-0.1, -0.05) is 0 Å². The molecule has 0 bridgehead atoms. The predicted octanol–water partition coefficient (Wildman–Crippen LogP) is 5.00. The summed E-state index contributed by atoms with van der Waals surface area (Å²) < 4.78 is 43.3. The van der Waals surface area contributed by atoms with Gasteiger partial charge in [0.1, 0.15) is 28.7 Å². The van der Waals surface area contributed by atoms with Crippen molar-refractivity contribution in [2.45, 2.75) is 85.7 Å². The highest BCUT2D eigenvalue weighted by Gasteiger charge is 2.24. The lowest BCUT2D eigenvalue weighted by molar-refractivity contribution is -0.0294. The van der Waals surface area contributed by atoms with Gasteiger partial charge in [-0.05, 0) is 62.3 Å². The molecule has 1 amide bonds. The smallest absolute Gasteiger partial charge is 0.444 e. The molecule has 0 aliphatic heterocycles. The molecule has 40 heavy (non-hydrogen) atoms. The fourth-order valence-electron chi connectivity index (χ4n) is 1.88. The summed E-state index contributed by atoms with van der Waals surface area (Å²) >= 11 is 0. The van der Waals surface area contributed by atoms with Crippen LogP contribution in [0.15, 0.2) is 24.8 Å². The van der Waals surface area contributed by atoms with E-state index >= 15 is 0 Å². The van der Waals surface area contributed by atoms with Gasteiger partial charge >= 0.3 is 18.4 Å². The number of halogens is 2. The van der Waals surface area contributed by atoms with E-state index in [2.05, 4.69) is 30.0 Å². The molecule has 0 aliphatic rings. The van der Waals surface area contributed by atoms with Crippen molar-refractivity contribution in [3.05, 3.63) is 48.1 Å². The molecule has 2 heterocycles.